The average Bonchev–Trinajstić information content (AvgIpc) is 2.40. The highest BCUT2D eigenvalue weighted by Gasteiger charge is 2.09. The zero-order valence-electron chi connectivity index (χ0n) is 10.1. The van der Waals surface area contributed by atoms with Crippen LogP contribution in [-0.2, 0) is 0 Å². The van der Waals surface area contributed by atoms with Crippen molar-refractivity contribution in [2.45, 2.75) is 0 Å². The molecule has 2 aromatic rings. The second kappa shape index (κ2) is 5.69. The fourth-order valence-electron chi connectivity index (χ4n) is 1.72. The third-order valence-electron chi connectivity index (χ3n) is 2.74. The fraction of sp³-hybridized carbons (Fsp3) is 0.133. The summed E-state index contributed by atoms with van der Waals surface area (Å²) in [4.78, 5) is 13.9. The van der Waals surface area contributed by atoms with Crippen LogP contribution in [0.3, 0.4) is 0 Å². The number of Topliss-reactive ketones (excluding diaryl/α,β-unsaturated/α-hetero) is 1. The van der Waals surface area contributed by atoms with Crippen molar-refractivity contribution in [3.8, 4) is 0 Å². The van der Waals surface area contributed by atoms with E-state index in [1.54, 1.807) is 0 Å². The monoisotopic (exact) mass is 259 g/mol. The predicted molar refractivity (Wildman–Crippen MR) is 75.5 cm³/mol. The fourth-order valence-corrected chi connectivity index (χ4v) is 1.84. The summed E-state index contributed by atoms with van der Waals surface area (Å²) >= 11 is 5.83. The van der Waals surface area contributed by atoms with Crippen molar-refractivity contribution >= 4 is 23.1 Å². The summed E-state index contributed by atoms with van der Waals surface area (Å²) in [5.74, 6) is 0.105. The SMILES string of the molecule is CN(CC(=O)c1ccccc1)c1ccc(Cl)cc1. The standard InChI is InChI=1S/C15H14ClNO/c1-17(14-9-7-13(16)8-10-14)11-15(18)12-5-3-2-4-6-12/h2-10H,11H2,1H3. The molecule has 0 heterocycles. The van der Waals surface area contributed by atoms with Gasteiger partial charge in [-0.15, -0.1) is 0 Å². The summed E-state index contributed by atoms with van der Waals surface area (Å²) < 4.78 is 0. The van der Waals surface area contributed by atoms with Crippen LogP contribution in [0.25, 0.3) is 0 Å². The van der Waals surface area contributed by atoms with Gasteiger partial charge in [-0.25, -0.2) is 0 Å². The number of ketones is 1. The van der Waals surface area contributed by atoms with E-state index in [9.17, 15) is 4.79 Å². The molecule has 0 saturated carbocycles. The summed E-state index contributed by atoms with van der Waals surface area (Å²) in [5, 5.41) is 0.696. The second-order valence-electron chi connectivity index (χ2n) is 4.12. The molecule has 0 aliphatic carbocycles. The molecule has 0 N–H and O–H groups in total. The summed E-state index contributed by atoms with van der Waals surface area (Å²) in [6.07, 6.45) is 0. The summed E-state index contributed by atoms with van der Waals surface area (Å²) in [6, 6.07) is 16.8. The van der Waals surface area contributed by atoms with Gasteiger partial charge in [-0.2, -0.15) is 0 Å². The van der Waals surface area contributed by atoms with Gasteiger partial charge in [-0.3, -0.25) is 4.79 Å². The van der Waals surface area contributed by atoms with Gasteiger partial charge in [0.2, 0.25) is 0 Å². The molecule has 0 saturated heterocycles. The van der Waals surface area contributed by atoms with Crippen LogP contribution in [0.5, 0.6) is 0 Å². The van der Waals surface area contributed by atoms with Crippen LogP contribution in [0.15, 0.2) is 54.6 Å². The van der Waals surface area contributed by atoms with E-state index in [4.69, 9.17) is 11.6 Å². The molecule has 0 unspecified atom stereocenters. The molecule has 0 atom stereocenters. The number of hydrogen-bond acceptors (Lipinski definition) is 2. The first-order chi connectivity index (χ1) is 8.66. The molecule has 0 aliphatic heterocycles. The quantitative estimate of drug-likeness (QED) is 0.781. The third kappa shape index (κ3) is 3.11. The minimum atomic E-state index is 0.105. The Labute approximate surface area is 112 Å². The van der Waals surface area contributed by atoms with Crippen LogP contribution >= 0.6 is 11.6 Å². The Morgan fingerprint density at radius 2 is 1.67 bits per heavy atom. The highest BCUT2D eigenvalue weighted by molar-refractivity contribution is 6.30. The van der Waals surface area contributed by atoms with Gasteiger partial charge in [-0.05, 0) is 24.3 Å². The molecule has 18 heavy (non-hydrogen) atoms. The van der Waals surface area contributed by atoms with Crippen LogP contribution in [0.1, 0.15) is 10.4 Å². The lowest BCUT2D eigenvalue weighted by Crippen LogP contribution is -2.25. The Kier molecular flexibility index (Phi) is 4.00. The molecule has 0 bridgehead atoms. The maximum absolute atomic E-state index is 12.0. The number of carbonyl (C=O) groups excluding carboxylic acids is 1. The maximum atomic E-state index is 12.0. The van der Waals surface area contributed by atoms with Gasteiger partial charge in [0.1, 0.15) is 0 Å². The van der Waals surface area contributed by atoms with Gasteiger partial charge >= 0.3 is 0 Å². The van der Waals surface area contributed by atoms with Gasteiger partial charge in [0.25, 0.3) is 0 Å². The van der Waals surface area contributed by atoms with Crippen LogP contribution in [0, 0.1) is 0 Å². The second-order valence-corrected chi connectivity index (χ2v) is 4.56. The van der Waals surface area contributed by atoms with Gasteiger partial charge in [0.05, 0.1) is 6.54 Å². The Balaban J connectivity index is 2.06. The lowest BCUT2D eigenvalue weighted by atomic mass is 10.1. The minimum absolute atomic E-state index is 0.105. The van der Waals surface area contributed by atoms with Gasteiger partial charge in [0.15, 0.2) is 5.78 Å². The van der Waals surface area contributed by atoms with Crippen molar-refractivity contribution in [3.05, 3.63) is 65.2 Å². The minimum Gasteiger partial charge on any atom is -0.367 e. The van der Waals surface area contributed by atoms with E-state index in [1.165, 1.54) is 0 Å². The number of halogens is 1. The maximum Gasteiger partial charge on any atom is 0.182 e. The number of nitrogens with zero attached hydrogens (tertiary/aromatic N) is 1. The molecule has 2 rings (SSSR count). The number of benzene rings is 2. The zero-order valence-corrected chi connectivity index (χ0v) is 10.9. The summed E-state index contributed by atoms with van der Waals surface area (Å²) in [7, 11) is 1.89. The molecule has 2 aromatic carbocycles. The molecule has 0 aliphatic rings. The van der Waals surface area contributed by atoms with E-state index >= 15 is 0 Å². The number of hydrogen-bond donors (Lipinski definition) is 0. The molecule has 0 aromatic heterocycles. The Morgan fingerprint density at radius 1 is 1.06 bits per heavy atom. The number of rotatable bonds is 4. The van der Waals surface area contributed by atoms with Crippen molar-refractivity contribution in [2.75, 3.05) is 18.5 Å². The van der Waals surface area contributed by atoms with Crippen molar-refractivity contribution in [2.24, 2.45) is 0 Å². The van der Waals surface area contributed by atoms with E-state index in [2.05, 4.69) is 0 Å². The largest absolute Gasteiger partial charge is 0.367 e. The Morgan fingerprint density at radius 3 is 2.28 bits per heavy atom. The smallest absolute Gasteiger partial charge is 0.182 e. The summed E-state index contributed by atoms with van der Waals surface area (Å²) in [6.45, 7) is 0.353. The normalized spacial score (nSPS) is 10.1. The average molecular weight is 260 g/mol. The van der Waals surface area contributed by atoms with Gasteiger partial charge in [-0.1, -0.05) is 41.9 Å². The molecule has 0 amide bonds. The first kappa shape index (κ1) is 12.7. The van der Waals surface area contributed by atoms with Crippen LogP contribution in [0.4, 0.5) is 5.69 Å². The first-order valence-corrected chi connectivity index (χ1v) is 6.09. The molecule has 92 valence electrons. The number of likely N-dealkylation sites (N-methyl/N-ethyl adjacent to an activating group) is 1. The van der Waals surface area contributed by atoms with E-state index in [1.807, 2.05) is 66.5 Å². The lowest BCUT2D eigenvalue weighted by molar-refractivity contribution is 0.100. The van der Waals surface area contributed by atoms with Crippen LogP contribution in [0.2, 0.25) is 5.02 Å². The zero-order chi connectivity index (χ0) is 13.0. The first-order valence-electron chi connectivity index (χ1n) is 5.72. The van der Waals surface area contributed by atoms with Gasteiger partial charge < -0.3 is 4.90 Å². The van der Waals surface area contributed by atoms with Gasteiger partial charge in [0, 0.05) is 23.3 Å². The van der Waals surface area contributed by atoms with Crippen LogP contribution < -0.4 is 4.90 Å². The van der Waals surface area contributed by atoms with E-state index in [-0.39, 0.29) is 5.78 Å². The lowest BCUT2D eigenvalue weighted by Gasteiger charge is -2.18. The molecule has 2 nitrogen and oxygen atoms in total. The van der Waals surface area contributed by atoms with Crippen molar-refractivity contribution < 1.29 is 4.79 Å². The van der Waals surface area contributed by atoms with E-state index in [0.717, 1.165) is 11.3 Å². The predicted octanol–water partition coefficient (Wildman–Crippen LogP) is 3.66. The van der Waals surface area contributed by atoms with Crippen molar-refractivity contribution in [1.29, 1.82) is 0 Å². The molecule has 0 fully saturated rings. The number of carbonyl (C=O) groups is 1. The molecular weight excluding hydrogens is 246 g/mol. The molecule has 0 spiro atoms. The summed E-state index contributed by atoms with van der Waals surface area (Å²) in [5.41, 5.74) is 1.71. The molecular formula is C15H14ClNO. The van der Waals surface area contributed by atoms with E-state index < -0.39 is 0 Å². The highest BCUT2D eigenvalue weighted by atomic mass is 35.5. The molecule has 3 heteroatoms. The number of anilines is 1. The topological polar surface area (TPSA) is 20.3 Å². The van der Waals surface area contributed by atoms with E-state index in [0.29, 0.717) is 11.6 Å². The van der Waals surface area contributed by atoms with Crippen LogP contribution in [-0.4, -0.2) is 19.4 Å². The third-order valence-corrected chi connectivity index (χ3v) is 3.00. The highest BCUT2D eigenvalue weighted by Crippen LogP contribution is 2.17. The van der Waals surface area contributed by atoms with Crippen molar-refractivity contribution in [1.82, 2.24) is 0 Å². The van der Waals surface area contributed by atoms with Crippen molar-refractivity contribution in [3.63, 3.8) is 0 Å². The Bertz CT molecular complexity index is 522. The Hall–Kier alpha value is -1.80. The molecule has 0 radical (unpaired) electrons.